The maximum atomic E-state index is 5.53. The van der Waals surface area contributed by atoms with Crippen LogP contribution in [0, 0.1) is 0 Å². The summed E-state index contributed by atoms with van der Waals surface area (Å²) >= 11 is 4.39. The summed E-state index contributed by atoms with van der Waals surface area (Å²) in [5, 5.41) is 0.368. The Morgan fingerprint density at radius 2 is 2.45 bits per heavy atom. The summed E-state index contributed by atoms with van der Waals surface area (Å²) in [7, 11) is 0. The van der Waals surface area contributed by atoms with Crippen molar-refractivity contribution in [3.63, 3.8) is 0 Å². The molecule has 1 rings (SSSR count). The van der Waals surface area contributed by atoms with E-state index in [-0.39, 0.29) is 0 Å². The van der Waals surface area contributed by atoms with E-state index in [2.05, 4.69) is 31.4 Å². The molecule has 3 heteroatoms. The minimum absolute atomic E-state index is 0.368. The first-order chi connectivity index (χ1) is 5.24. The lowest BCUT2D eigenvalue weighted by Gasteiger charge is -2.34. The third kappa shape index (κ3) is 2.65. The number of rotatable bonds is 2. The van der Waals surface area contributed by atoms with Gasteiger partial charge in [0.05, 0.1) is 18.1 Å². The number of morpholine rings is 1. The van der Waals surface area contributed by atoms with Gasteiger partial charge >= 0.3 is 0 Å². The molecule has 1 aliphatic heterocycles. The molecule has 2 unspecified atom stereocenters. The minimum Gasteiger partial charge on any atom is -0.376 e. The van der Waals surface area contributed by atoms with Crippen LogP contribution in [-0.2, 0) is 4.74 Å². The van der Waals surface area contributed by atoms with Gasteiger partial charge in [0.2, 0.25) is 0 Å². The molecule has 2 atom stereocenters. The standard InChI is InChI=1S/C8H17NOS/c1-3-8-6-9(7(2)11)4-5-10-8/h7-8,11H,3-6H2,1-2H3. The SMILES string of the molecule is CCC1CN(C(C)S)CCO1. The number of thiol groups is 1. The van der Waals surface area contributed by atoms with Crippen molar-refractivity contribution in [2.75, 3.05) is 19.7 Å². The lowest BCUT2D eigenvalue weighted by molar-refractivity contribution is -0.0314. The highest BCUT2D eigenvalue weighted by atomic mass is 32.1. The predicted octanol–water partition coefficient (Wildman–Crippen LogP) is 1.37. The molecular formula is C8H17NOS. The Kier molecular flexibility index (Phi) is 3.69. The van der Waals surface area contributed by atoms with Gasteiger partial charge in [-0.25, -0.2) is 0 Å². The van der Waals surface area contributed by atoms with E-state index >= 15 is 0 Å². The van der Waals surface area contributed by atoms with Gasteiger partial charge in [-0.2, -0.15) is 12.6 Å². The largest absolute Gasteiger partial charge is 0.376 e. The topological polar surface area (TPSA) is 12.5 Å². The molecule has 2 nitrogen and oxygen atoms in total. The molecule has 1 fully saturated rings. The molecule has 1 aliphatic rings. The lowest BCUT2D eigenvalue weighted by atomic mass is 10.2. The summed E-state index contributed by atoms with van der Waals surface area (Å²) in [4.78, 5) is 2.35. The van der Waals surface area contributed by atoms with Crippen molar-refractivity contribution >= 4 is 12.6 Å². The van der Waals surface area contributed by atoms with Crippen molar-refractivity contribution in [1.29, 1.82) is 0 Å². The number of hydrogen-bond donors (Lipinski definition) is 1. The van der Waals surface area contributed by atoms with Crippen LogP contribution in [0.15, 0.2) is 0 Å². The van der Waals surface area contributed by atoms with Gasteiger partial charge in [0, 0.05) is 13.1 Å². The Hall–Kier alpha value is 0.270. The highest BCUT2D eigenvalue weighted by Crippen LogP contribution is 2.12. The summed E-state index contributed by atoms with van der Waals surface area (Å²) in [5.74, 6) is 0. The van der Waals surface area contributed by atoms with Crippen LogP contribution in [0.2, 0.25) is 0 Å². The van der Waals surface area contributed by atoms with Gasteiger partial charge in [0.1, 0.15) is 0 Å². The monoisotopic (exact) mass is 175 g/mol. The maximum absolute atomic E-state index is 5.53. The Labute approximate surface area is 74.3 Å². The molecule has 0 amide bonds. The molecule has 0 saturated carbocycles. The molecular weight excluding hydrogens is 158 g/mol. The first kappa shape index (κ1) is 9.36. The van der Waals surface area contributed by atoms with Gasteiger partial charge in [-0.3, -0.25) is 4.90 Å². The van der Waals surface area contributed by atoms with Crippen molar-refractivity contribution in [3.05, 3.63) is 0 Å². The smallest absolute Gasteiger partial charge is 0.0700 e. The minimum atomic E-state index is 0.368. The van der Waals surface area contributed by atoms with Crippen LogP contribution in [0.1, 0.15) is 20.3 Å². The number of hydrogen-bond acceptors (Lipinski definition) is 3. The highest BCUT2D eigenvalue weighted by molar-refractivity contribution is 7.80. The lowest BCUT2D eigenvalue weighted by Crippen LogP contribution is -2.44. The summed E-state index contributed by atoms with van der Waals surface area (Å²) in [6.45, 7) is 7.21. The van der Waals surface area contributed by atoms with Crippen molar-refractivity contribution in [2.45, 2.75) is 31.7 Å². The van der Waals surface area contributed by atoms with Crippen LogP contribution in [0.3, 0.4) is 0 Å². The molecule has 0 bridgehead atoms. The van der Waals surface area contributed by atoms with Crippen LogP contribution >= 0.6 is 12.6 Å². The third-order valence-corrected chi connectivity index (χ3v) is 2.48. The van der Waals surface area contributed by atoms with E-state index in [1.54, 1.807) is 0 Å². The molecule has 0 spiro atoms. The van der Waals surface area contributed by atoms with E-state index in [0.717, 1.165) is 26.1 Å². The molecule has 66 valence electrons. The van der Waals surface area contributed by atoms with Crippen molar-refractivity contribution in [3.8, 4) is 0 Å². The van der Waals surface area contributed by atoms with Gasteiger partial charge in [-0.1, -0.05) is 6.92 Å². The van der Waals surface area contributed by atoms with Crippen LogP contribution in [0.5, 0.6) is 0 Å². The van der Waals surface area contributed by atoms with E-state index in [9.17, 15) is 0 Å². The zero-order valence-corrected chi connectivity index (χ0v) is 8.18. The molecule has 11 heavy (non-hydrogen) atoms. The second kappa shape index (κ2) is 4.33. The molecule has 0 N–H and O–H groups in total. The van der Waals surface area contributed by atoms with Crippen LogP contribution in [-0.4, -0.2) is 36.1 Å². The summed E-state index contributed by atoms with van der Waals surface area (Å²) < 4.78 is 5.53. The normalized spacial score (nSPS) is 30.3. The summed E-state index contributed by atoms with van der Waals surface area (Å²) in [6, 6.07) is 0. The zero-order chi connectivity index (χ0) is 8.27. The fourth-order valence-electron chi connectivity index (χ4n) is 1.33. The Balaban J connectivity index is 2.33. The van der Waals surface area contributed by atoms with Gasteiger partial charge in [0.15, 0.2) is 0 Å². The molecule has 0 aromatic carbocycles. The van der Waals surface area contributed by atoms with Gasteiger partial charge < -0.3 is 4.74 Å². The fourth-order valence-corrected chi connectivity index (χ4v) is 1.54. The number of nitrogens with zero attached hydrogens (tertiary/aromatic N) is 1. The number of ether oxygens (including phenoxy) is 1. The van der Waals surface area contributed by atoms with Gasteiger partial charge in [-0.05, 0) is 13.3 Å². The predicted molar refractivity (Wildman–Crippen MR) is 50.1 cm³/mol. The highest BCUT2D eigenvalue weighted by Gasteiger charge is 2.20. The quantitative estimate of drug-likeness (QED) is 0.636. The Morgan fingerprint density at radius 3 is 3.00 bits per heavy atom. The summed E-state index contributed by atoms with van der Waals surface area (Å²) in [6.07, 6.45) is 1.54. The van der Waals surface area contributed by atoms with Gasteiger partial charge in [0.25, 0.3) is 0 Å². The van der Waals surface area contributed by atoms with Crippen LogP contribution in [0.25, 0.3) is 0 Å². The molecule has 1 heterocycles. The Bertz CT molecular complexity index is 119. The van der Waals surface area contributed by atoms with Crippen molar-refractivity contribution in [2.24, 2.45) is 0 Å². The zero-order valence-electron chi connectivity index (χ0n) is 7.29. The van der Waals surface area contributed by atoms with Crippen LogP contribution in [0.4, 0.5) is 0 Å². The fraction of sp³-hybridized carbons (Fsp3) is 1.00. The first-order valence-electron chi connectivity index (χ1n) is 4.27. The Morgan fingerprint density at radius 1 is 1.73 bits per heavy atom. The summed E-state index contributed by atoms with van der Waals surface area (Å²) in [5.41, 5.74) is 0. The van der Waals surface area contributed by atoms with E-state index < -0.39 is 0 Å². The average Bonchev–Trinajstić information content (AvgIpc) is 2.05. The molecule has 0 aliphatic carbocycles. The van der Waals surface area contributed by atoms with Crippen molar-refractivity contribution in [1.82, 2.24) is 4.90 Å². The average molecular weight is 175 g/mol. The first-order valence-corrected chi connectivity index (χ1v) is 4.79. The molecule has 1 saturated heterocycles. The van der Waals surface area contributed by atoms with E-state index in [1.807, 2.05) is 0 Å². The third-order valence-electron chi connectivity index (χ3n) is 2.15. The van der Waals surface area contributed by atoms with E-state index in [0.29, 0.717) is 11.5 Å². The van der Waals surface area contributed by atoms with E-state index in [1.165, 1.54) is 0 Å². The van der Waals surface area contributed by atoms with E-state index in [4.69, 9.17) is 4.74 Å². The second-order valence-electron chi connectivity index (χ2n) is 3.03. The van der Waals surface area contributed by atoms with Crippen molar-refractivity contribution < 1.29 is 4.74 Å². The second-order valence-corrected chi connectivity index (χ2v) is 3.78. The maximum Gasteiger partial charge on any atom is 0.0700 e. The molecule has 0 aromatic rings. The van der Waals surface area contributed by atoms with Crippen LogP contribution < -0.4 is 0 Å². The molecule has 0 aromatic heterocycles. The molecule has 0 radical (unpaired) electrons. The van der Waals surface area contributed by atoms with Gasteiger partial charge in [-0.15, -0.1) is 0 Å².